The van der Waals surface area contributed by atoms with Crippen LogP contribution in [0.3, 0.4) is 0 Å². The molecule has 45 heavy (non-hydrogen) atoms. The van der Waals surface area contributed by atoms with Crippen molar-refractivity contribution in [1.29, 1.82) is 0 Å². The van der Waals surface area contributed by atoms with E-state index in [1.807, 2.05) is 9.58 Å². The van der Waals surface area contributed by atoms with Crippen LogP contribution in [-0.2, 0) is 37.6 Å². The minimum absolute atomic E-state index is 0.0493. The van der Waals surface area contributed by atoms with Gasteiger partial charge in [0.25, 0.3) is 0 Å². The smallest absolute Gasteiger partial charge is 0.237 e. The van der Waals surface area contributed by atoms with Crippen LogP contribution in [0, 0.1) is 0 Å². The number of rotatable bonds is 15. The van der Waals surface area contributed by atoms with Crippen LogP contribution in [0.1, 0.15) is 92.2 Å². The van der Waals surface area contributed by atoms with Gasteiger partial charge in [0.05, 0.1) is 11.1 Å². The van der Waals surface area contributed by atoms with Crippen molar-refractivity contribution >= 4 is 30.8 Å². The monoisotopic (exact) mass is 637 g/mol. The van der Waals surface area contributed by atoms with E-state index < -0.39 is 13.5 Å². The number of aryl methyl sites for hydroxylation is 1. The number of fused-ring (bicyclic) bond motifs is 5. The Morgan fingerprint density at radius 3 is 2.47 bits per heavy atom. The molecule has 3 aliphatic rings. The topological polar surface area (TPSA) is 86.1 Å². The van der Waals surface area contributed by atoms with Crippen molar-refractivity contribution in [2.45, 2.75) is 108 Å². The third kappa shape index (κ3) is 7.03. The first-order chi connectivity index (χ1) is 21.7. The zero-order chi connectivity index (χ0) is 32.2. The van der Waals surface area contributed by atoms with Crippen molar-refractivity contribution in [2.24, 2.45) is 0 Å². The molecule has 0 saturated heterocycles. The molecule has 0 fully saturated rings. The van der Waals surface area contributed by atoms with Crippen molar-refractivity contribution in [3.63, 3.8) is 0 Å². The van der Waals surface area contributed by atoms with E-state index in [1.165, 1.54) is 27.8 Å². The van der Waals surface area contributed by atoms with E-state index in [4.69, 9.17) is 19.3 Å². The van der Waals surface area contributed by atoms with Gasteiger partial charge in [-0.05, 0) is 109 Å². The van der Waals surface area contributed by atoms with Crippen LogP contribution in [0.4, 0.5) is 5.69 Å². The Morgan fingerprint density at radius 1 is 1.04 bits per heavy atom. The Kier molecular flexibility index (Phi) is 11.1. The lowest BCUT2D eigenvalue weighted by molar-refractivity contribution is -0.124. The van der Waals surface area contributed by atoms with Crippen molar-refractivity contribution in [1.82, 2.24) is 9.78 Å². The predicted octanol–water partition coefficient (Wildman–Crippen LogP) is 6.77. The number of allylic oxidation sites excluding steroid dienone is 2. The quantitative estimate of drug-likeness (QED) is 0.171. The number of aliphatic hydroxyl groups excluding tert-OH is 1. The number of aliphatic hydroxyl groups is 1. The van der Waals surface area contributed by atoms with E-state index in [0.29, 0.717) is 51.7 Å². The molecular formula is C36H55N3O5Si. The van der Waals surface area contributed by atoms with Gasteiger partial charge in [0.1, 0.15) is 6.73 Å². The van der Waals surface area contributed by atoms with E-state index in [9.17, 15) is 9.90 Å². The van der Waals surface area contributed by atoms with E-state index in [-0.39, 0.29) is 12.5 Å². The van der Waals surface area contributed by atoms with Crippen LogP contribution in [-0.4, -0.2) is 76.1 Å². The summed E-state index contributed by atoms with van der Waals surface area (Å²) in [4.78, 5) is 16.3. The van der Waals surface area contributed by atoms with Crippen LogP contribution in [0.25, 0.3) is 11.1 Å². The Balaban J connectivity index is 1.60. The molecule has 0 radical (unpaired) electrons. The number of aromatic nitrogens is 2. The number of anilines is 1. The maximum Gasteiger partial charge on any atom is 0.237 e. The van der Waals surface area contributed by atoms with Crippen molar-refractivity contribution < 1.29 is 24.1 Å². The molecular weight excluding hydrogens is 582 g/mol. The molecule has 0 bridgehead atoms. The van der Waals surface area contributed by atoms with Crippen molar-refractivity contribution in [2.75, 3.05) is 52.1 Å². The normalized spacial score (nSPS) is 19.2. The molecule has 1 N–H and O–H groups in total. The first-order valence-corrected chi connectivity index (χ1v) is 20.8. The van der Waals surface area contributed by atoms with Crippen LogP contribution in [0.2, 0.25) is 25.7 Å². The predicted molar refractivity (Wildman–Crippen MR) is 184 cm³/mol. The summed E-state index contributed by atoms with van der Waals surface area (Å²) < 4.78 is 19.2. The fourth-order valence-corrected chi connectivity index (χ4v) is 8.38. The molecule has 248 valence electrons. The summed E-state index contributed by atoms with van der Waals surface area (Å²) in [5, 5.41) is 14.9. The number of methoxy groups -OCH3 is 2. The number of carbonyl (C=O) groups excluding carboxylic acids is 1. The van der Waals surface area contributed by atoms with Crippen LogP contribution < -0.4 is 4.90 Å². The lowest BCUT2D eigenvalue weighted by Crippen LogP contribution is -2.42. The van der Waals surface area contributed by atoms with Gasteiger partial charge >= 0.3 is 0 Å². The van der Waals surface area contributed by atoms with Gasteiger partial charge in [-0.3, -0.25) is 4.79 Å². The first kappa shape index (κ1) is 34.0. The van der Waals surface area contributed by atoms with E-state index in [2.05, 4.69) is 44.9 Å². The van der Waals surface area contributed by atoms with Crippen LogP contribution in [0.15, 0.2) is 18.3 Å². The molecule has 1 amide bonds. The SMILES string of the molecule is CCC1CCC2=C(CCCc3cn(COCC[Si](C)(C)C)nc32)c2cc3c(cc21)C(CCOC)(CCOC)C(=O)N3CCCO. The van der Waals surface area contributed by atoms with Gasteiger partial charge in [0.2, 0.25) is 5.91 Å². The van der Waals surface area contributed by atoms with Gasteiger partial charge in [0, 0.05) is 67.1 Å². The number of carbonyl (C=O) groups is 1. The van der Waals surface area contributed by atoms with Gasteiger partial charge in [0.15, 0.2) is 0 Å². The number of amides is 1. The second-order valence-electron chi connectivity index (χ2n) is 14.4. The Labute approximate surface area is 271 Å². The minimum Gasteiger partial charge on any atom is -0.396 e. The maximum absolute atomic E-state index is 14.4. The summed E-state index contributed by atoms with van der Waals surface area (Å²) in [6.45, 7) is 12.3. The molecule has 1 aromatic heterocycles. The first-order valence-electron chi connectivity index (χ1n) is 17.1. The number of hydrogen-bond donors (Lipinski definition) is 1. The Morgan fingerprint density at radius 2 is 1.80 bits per heavy atom. The highest BCUT2D eigenvalue weighted by atomic mass is 28.3. The molecule has 2 aliphatic carbocycles. The zero-order valence-corrected chi connectivity index (χ0v) is 29.5. The molecule has 8 nitrogen and oxygen atoms in total. The third-order valence-electron chi connectivity index (χ3n) is 10.2. The molecule has 5 rings (SSSR count). The summed E-state index contributed by atoms with van der Waals surface area (Å²) in [5.74, 6) is 0.510. The van der Waals surface area contributed by atoms with Gasteiger partial charge in [-0.1, -0.05) is 32.6 Å². The highest BCUT2D eigenvalue weighted by Gasteiger charge is 2.51. The van der Waals surface area contributed by atoms with E-state index in [1.54, 1.807) is 14.2 Å². The van der Waals surface area contributed by atoms with Gasteiger partial charge < -0.3 is 24.2 Å². The zero-order valence-electron chi connectivity index (χ0n) is 28.5. The standard InChI is InChI=1S/C36H55N3O5Si/c1-7-26-12-13-29-28(11-8-10-27-24-38(37-34(27)29)25-44-20-21-45(4,5)6)31-23-33-32(22-30(26)31)36(14-18-42-2,15-19-43-3)35(41)39(33)16-9-17-40/h22-24,26,40H,7-21,25H2,1-6H3. The second-order valence-corrected chi connectivity index (χ2v) is 20.0. The molecule has 2 heterocycles. The van der Waals surface area contributed by atoms with Crippen molar-refractivity contribution in [3.05, 3.63) is 46.3 Å². The maximum atomic E-state index is 14.4. The molecule has 1 aromatic carbocycles. The Hall–Kier alpha value is -2.30. The largest absolute Gasteiger partial charge is 0.396 e. The summed E-state index contributed by atoms with van der Waals surface area (Å²) in [6.07, 6.45) is 10.2. The number of ether oxygens (including phenoxy) is 3. The number of benzene rings is 1. The summed E-state index contributed by atoms with van der Waals surface area (Å²) in [7, 11) is 2.26. The highest BCUT2D eigenvalue weighted by molar-refractivity contribution is 6.76. The average molecular weight is 638 g/mol. The molecule has 0 saturated carbocycles. The molecule has 9 heteroatoms. The number of hydrogen-bond acceptors (Lipinski definition) is 6. The average Bonchev–Trinajstić information content (AvgIpc) is 3.38. The minimum atomic E-state index is -1.14. The van der Waals surface area contributed by atoms with Gasteiger partial charge in [-0.15, -0.1) is 0 Å². The van der Waals surface area contributed by atoms with Gasteiger partial charge in [-0.2, -0.15) is 5.10 Å². The third-order valence-corrected chi connectivity index (χ3v) is 11.9. The van der Waals surface area contributed by atoms with Crippen LogP contribution >= 0.6 is 0 Å². The Bertz CT molecular complexity index is 1370. The summed E-state index contributed by atoms with van der Waals surface area (Å²) in [6, 6.07) is 5.86. The van der Waals surface area contributed by atoms with Gasteiger partial charge in [-0.25, -0.2) is 4.68 Å². The lowest BCUT2D eigenvalue weighted by Gasteiger charge is -2.29. The fraction of sp³-hybridized carbons (Fsp3) is 0.667. The highest BCUT2D eigenvalue weighted by Crippen LogP contribution is 2.52. The fourth-order valence-electron chi connectivity index (χ4n) is 7.62. The van der Waals surface area contributed by atoms with E-state index >= 15 is 0 Å². The molecule has 1 unspecified atom stereocenters. The summed E-state index contributed by atoms with van der Waals surface area (Å²) >= 11 is 0. The molecule has 0 spiro atoms. The number of nitrogens with zero attached hydrogens (tertiary/aromatic N) is 3. The lowest BCUT2D eigenvalue weighted by atomic mass is 9.74. The molecule has 1 atom stereocenters. The van der Waals surface area contributed by atoms with Crippen molar-refractivity contribution in [3.8, 4) is 0 Å². The second kappa shape index (κ2) is 14.6. The summed E-state index contributed by atoms with van der Waals surface area (Å²) in [5.41, 5.74) is 9.30. The van der Waals surface area contributed by atoms with E-state index in [0.717, 1.165) is 68.1 Å². The molecule has 1 aliphatic heterocycles. The molecule has 2 aromatic rings. The van der Waals surface area contributed by atoms with Crippen LogP contribution in [0.5, 0.6) is 0 Å².